The van der Waals surface area contributed by atoms with Gasteiger partial charge < -0.3 is 9.47 Å². The largest absolute Gasteiger partial charge is 0.463 e. The minimum Gasteiger partial charge on any atom is -0.463 e. The first-order valence-electron chi connectivity index (χ1n) is 8.80. The van der Waals surface area contributed by atoms with Crippen LogP contribution in [0.3, 0.4) is 0 Å². The Bertz CT molecular complexity index is 428. The molecule has 0 aliphatic carbocycles. The van der Waals surface area contributed by atoms with Crippen LogP contribution < -0.4 is 0 Å². The zero-order chi connectivity index (χ0) is 17.1. The molecule has 1 heterocycles. The van der Waals surface area contributed by atoms with Crippen molar-refractivity contribution in [2.75, 3.05) is 6.61 Å². The van der Waals surface area contributed by atoms with E-state index in [0.29, 0.717) is 12.3 Å². The first-order chi connectivity index (χ1) is 11.0. The molecule has 0 spiro atoms. The van der Waals surface area contributed by atoms with E-state index in [0.717, 1.165) is 32.3 Å². The van der Waals surface area contributed by atoms with Crippen molar-refractivity contribution in [3.05, 3.63) is 35.9 Å². The third-order valence-corrected chi connectivity index (χ3v) is 3.69. The lowest BCUT2D eigenvalue weighted by Crippen LogP contribution is -2.23. The molecule has 0 amide bonds. The quantitative estimate of drug-likeness (QED) is 0.742. The van der Waals surface area contributed by atoms with E-state index in [1.165, 1.54) is 5.56 Å². The van der Waals surface area contributed by atoms with Crippen molar-refractivity contribution in [1.29, 1.82) is 0 Å². The lowest BCUT2D eigenvalue weighted by Gasteiger charge is -2.21. The van der Waals surface area contributed by atoms with Crippen molar-refractivity contribution in [1.82, 2.24) is 0 Å². The first-order valence-corrected chi connectivity index (χ1v) is 8.80. The number of cyclic esters (lactones) is 1. The molecule has 1 saturated heterocycles. The smallest absolute Gasteiger partial charge is 0.306 e. The van der Waals surface area contributed by atoms with Gasteiger partial charge in [-0.1, -0.05) is 56.2 Å². The van der Waals surface area contributed by atoms with E-state index in [9.17, 15) is 4.79 Å². The molecule has 0 N–H and O–H groups in total. The summed E-state index contributed by atoms with van der Waals surface area (Å²) in [6.07, 6.45) is 4.66. The molecule has 1 aliphatic rings. The fraction of sp³-hybridized carbons (Fsp3) is 0.650. The lowest BCUT2D eigenvalue weighted by atomic mass is 10.1. The number of hydrogen-bond acceptors (Lipinski definition) is 3. The van der Waals surface area contributed by atoms with Gasteiger partial charge >= 0.3 is 5.97 Å². The highest BCUT2D eigenvalue weighted by atomic mass is 16.5. The number of esters is 1. The number of carbonyl (C=O) groups is 1. The van der Waals surface area contributed by atoms with Crippen molar-refractivity contribution >= 4 is 5.97 Å². The SMILES string of the molecule is CC(C)COC1CCCCC(=O)OC(C)C1.Cc1ccccc1. The summed E-state index contributed by atoms with van der Waals surface area (Å²) in [5.74, 6) is 0.502. The Balaban J connectivity index is 0.000000313. The van der Waals surface area contributed by atoms with E-state index in [1.807, 2.05) is 25.1 Å². The Hall–Kier alpha value is -1.35. The Kier molecular flexibility index (Phi) is 9.61. The van der Waals surface area contributed by atoms with Gasteiger partial charge in [-0.15, -0.1) is 0 Å². The Morgan fingerprint density at radius 2 is 1.91 bits per heavy atom. The molecule has 2 rings (SSSR count). The van der Waals surface area contributed by atoms with Crippen LogP contribution in [0.5, 0.6) is 0 Å². The van der Waals surface area contributed by atoms with Gasteiger partial charge in [0.05, 0.1) is 6.10 Å². The number of carbonyl (C=O) groups excluding carboxylic acids is 1. The molecular formula is C20H32O3. The highest BCUT2D eigenvalue weighted by Gasteiger charge is 2.19. The van der Waals surface area contributed by atoms with E-state index >= 15 is 0 Å². The predicted molar refractivity (Wildman–Crippen MR) is 94.4 cm³/mol. The van der Waals surface area contributed by atoms with Crippen molar-refractivity contribution in [2.24, 2.45) is 5.92 Å². The van der Waals surface area contributed by atoms with E-state index < -0.39 is 0 Å². The fourth-order valence-corrected chi connectivity index (χ4v) is 2.48. The Morgan fingerprint density at radius 3 is 2.48 bits per heavy atom. The van der Waals surface area contributed by atoms with Crippen LogP contribution in [0.25, 0.3) is 0 Å². The molecule has 2 atom stereocenters. The maximum atomic E-state index is 11.3. The third kappa shape index (κ3) is 10.1. The Labute approximate surface area is 141 Å². The van der Waals surface area contributed by atoms with Gasteiger partial charge in [0.25, 0.3) is 0 Å². The van der Waals surface area contributed by atoms with Gasteiger partial charge in [0.1, 0.15) is 6.10 Å². The minimum absolute atomic E-state index is 0.0113. The van der Waals surface area contributed by atoms with Crippen LogP contribution in [0.1, 0.15) is 58.4 Å². The molecular weight excluding hydrogens is 288 g/mol. The highest BCUT2D eigenvalue weighted by molar-refractivity contribution is 5.69. The normalized spacial score (nSPS) is 22.2. The summed E-state index contributed by atoms with van der Waals surface area (Å²) < 4.78 is 11.1. The summed E-state index contributed by atoms with van der Waals surface area (Å²) in [4.78, 5) is 11.3. The topological polar surface area (TPSA) is 35.5 Å². The molecule has 1 aromatic rings. The van der Waals surface area contributed by atoms with Gasteiger partial charge in [-0.05, 0) is 32.6 Å². The van der Waals surface area contributed by atoms with Gasteiger partial charge in [0.15, 0.2) is 0 Å². The first kappa shape index (κ1) is 19.7. The third-order valence-electron chi connectivity index (χ3n) is 3.69. The van der Waals surface area contributed by atoms with Crippen LogP contribution in [-0.4, -0.2) is 24.8 Å². The van der Waals surface area contributed by atoms with Gasteiger partial charge in [-0.25, -0.2) is 0 Å². The van der Waals surface area contributed by atoms with E-state index in [4.69, 9.17) is 9.47 Å². The summed E-state index contributed by atoms with van der Waals surface area (Å²) in [6, 6.07) is 10.3. The van der Waals surface area contributed by atoms with Gasteiger partial charge in [-0.2, -0.15) is 0 Å². The molecule has 23 heavy (non-hydrogen) atoms. The van der Waals surface area contributed by atoms with Crippen molar-refractivity contribution in [3.63, 3.8) is 0 Å². The second kappa shape index (κ2) is 11.2. The monoisotopic (exact) mass is 320 g/mol. The van der Waals surface area contributed by atoms with E-state index in [1.54, 1.807) is 0 Å². The fourth-order valence-electron chi connectivity index (χ4n) is 2.48. The van der Waals surface area contributed by atoms with Crippen LogP contribution >= 0.6 is 0 Å². The molecule has 1 fully saturated rings. The maximum absolute atomic E-state index is 11.3. The molecule has 3 heteroatoms. The van der Waals surface area contributed by atoms with Gasteiger partial charge in [-0.3, -0.25) is 4.79 Å². The summed E-state index contributed by atoms with van der Waals surface area (Å²) in [5, 5.41) is 0. The number of benzene rings is 1. The second-order valence-electron chi connectivity index (χ2n) is 6.79. The van der Waals surface area contributed by atoms with Crippen LogP contribution in [-0.2, 0) is 14.3 Å². The van der Waals surface area contributed by atoms with Crippen molar-refractivity contribution in [2.45, 2.75) is 72.0 Å². The highest BCUT2D eigenvalue weighted by Crippen LogP contribution is 2.18. The standard InChI is InChI=1S/C13H24O3.C7H8/c1-10(2)9-15-12-6-4-5-7-13(14)16-11(3)8-12;1-7-5-3-2-4-6-7/h10-12H,4-9H2,1-3H3;2-6H,1H3. The number of rotatable bonds is 3. The Morgan fingerprint density at radius 1 is 1.22 bits per heavy atom. The van der Waals surface area contributed by atoms with Gasteiger partial charge in [0, 0.05) is 19.4 Å². The molecule has 0 aromatic heterocycles. The molecule has 0 saturated carbocycles. The summed E-state index contributed by atoms with van der Waals surface area (Å²) in [5.41, 5.74) is 1.32. The molecule has 1 aliphatic heterocycles. The average Bonchev–Trinajstić information content (AvgIpc) is 2.57. The zero-order valence-corrected chi connectivity index (χ0v) is 15.1. The van der Waals surface area contributed by atoms with Crippen LogP contribution in [0.15, 0.2) is 30.3 Å². The molecule has 0 bridgehead atoms. The molecule has 1 aromatic carbocycles. The van der Waals surface area contributed by atoms with Gasteiger partial charge in [0.2, 0.25) is 0 Å². The van der Waals surface area contributed by atoms with Crippen molar-refractivity contribution < 1.29 is 14.3 Å². The maximum Gasteiger partial charge on any atom is 0.306 e. The number of hydrogen-bond donors (Lipinski definition) is 0. The predicted octanol–water partition coefficient (Wildman–Crippen LogP) is 4.92. The average molecular weight is 320 g/mol. The van der Waals surface area contributed by atoms with Crippen molar-refractivity contribution in [3.8, 4) is 0 Å². The molecule has 130 valence electrons. The molecule has 3 nitrogen and oxygen atoms in total. The van der Waals surface area contributed by atoms with Crippen LogP contribution in [0.2, 0.25) is 0 Å². The second-order valence-corrected chi connectivity index (χ2v) is 6.79. The summed E-state index contributed by atoms with van der Waals surface area (Å²) in [6.45, 7) is 9.14. The van der Waals surface area contributed by atoms with Crippen LogP contribution in [0.4, 0.5) is 0 Å². The van der Waals surface area contributed by atoms with Crippen LogP contribution in [0, 0.1) is 12.8 Å². The summed E-state index contributed by atoms with van der Waals surface area (Å²) >= 11 is 0. The minimum atomic E-state index is -0.0583. The van der Waals surface area contributed by atoms with E-state index in [-0.39, 0.29) is 18.2 Å². The van der Waals surface area contributed by atoms with E-state index in [2.05, 4.69) is 32.9 Å². The summed E-state index contributed by atoms with van der Waals surface area (Å²) in [7, 11) is 0. The number of aryl methyl sites for hydroxylation is 1. The molecule has 0 radical (unpaired) electrons. The lowest BCUT2D eigenvalue weighted by molar-refractivity contribution is -0.149. The molecule has 2 unspecified atom stereocenters. The number of ether oxygens (including phenoxy) is 2. The zero-order valence-electron chi connectivity index (χ0n) is 15.1.